The monoisotopic (exact) mass is 303 g/mol. The number of aromatic nitrogens is 1. The van der Waals surface area contributed by atoms with Crippen LogP contribution in [0.3, 0.4) is 0 Å². The number of hydrogen-bond donors (Lipinski definition) is 0. The molecule has 22 heavy (non-hydrogen) atoms. The van der Waals surface area contributed by atoms with E-state index in [0.717, 1.165) is 6.42 Å². The summed E-state index contributed by atoms with van der Waals surface area (Å²) in [5.41, 5.74) is -0.0640. The minimum Gasteiger partial charge on any atom is -0.476 e. The van der Waals surface area contributed by atoms with Gasteiger partial charge in [-0.1, -0.05) is 0 Å². The molecule has 118 valence electrons. The minimum absolute atomic E-state index is 0.223. The maximum atomic E-state index is 12.0. The van der Waals surface area contributed by atoms with Crippen molar-refractivity contribution >= 4 is 6.09 Å². The van der Waals surface area contributed by atoms with Gasteiger partial charge in [-0.3, -0.25) is 0 Å². The molecule has 1 aromatic heterocycles. The van der Waals surface area contributed by atoms with Crippen LogP contribution in [-0.4, -0.2) is 41.3 Å². The predicted molar refractivity (Wildman–Crippen MR) is 80.4 cm³/mol. The molecule has 1 saturated heterocycles. The van der Waals surface area contributed by atoms with E-state index in [1.807, 2.05) is 20.8 Å². The lowest BCUT2D eigenvalue weighted by atomic mass is 10.1. The summed E-state index contributed by atoms with van der Waals surface area (Å²) in [4.78, 5) is 17.7. The van der Waals surface area contributed by atoms with Gasteiger partial charge in [0.05, 0.1) is 6.61 Å². The van der Waals surface area contributed by atoms with Crippen molar-refractivity contribution in [2.45, 2.75) is 32.8 Å². The summed E-state index contributed by atoms with van der Waals surface area (Å²) in [5, 5.41) is 8.99. The molecule has 1 atom stereocenters. The second kappa shape index (κ2) is 6.65. The van der Waals surface area contributed by atoms with Gasteiger partial charge in [0.2, 0.25) is 5.88 Å². The van der Waals surface area contributed by atoms with Gasteiger partial charge in [-0.25, -0.2) is 9.78 Å². The summed E-state index contributed by atoms with van der Waals surface area (Å²) in [6, 6.07) is 5.42. The number of nitrogens with zero attached hydrogens (tertiary/aromatic N) is 3. The molecule has 0 radical (unpaired) electrons. The highest BCUT2D eigenvalue weighted by Crippen LogP contribution is 2.21. The molecule has 1 amide bonds. The van der Waals surface area contributed by atoms with Crippen LogP contribution in [-0.2, 0) is 4.74 Å². The Morgan fingerprint density at radius 1 is 1.55 bits per heavy atom. The van der Waals surface area contributed by atoms with Crippen LogP contribution in [0.25, 0.3) is 0 Å². The second-order valence-corrected chi connectivity index (χ2v) is 6.36. The van der Waals surface area contributed by atoms with Crippen LogP contribution in [0.15, 0.2) is 18.3 Å². The normalized spacial score (nSPS) is 17.9. The molecule has 0 aliphatic carbocycles. The van der Waals surface area contributed by atoms with Crippen LogP contribution in [0.1, 0.15) is 32.8 Å². The van der Waals surface area contributed by atoms with Crippen LogP contribution in [0, 0.1) is 17.2 Å². The molecule has 1 aliphatic heterocycles. The van der Waals surface area contributed by atoms with E-state index in [4.69, 9.17) is 14.7 Å². The summed E-state index contributed by atoms with van der Waals surface area (Å²) >= 11 is 0. The average molecular weight is 303 g/mol. The molecule has 1 fully saturated rings. The molecule has 2 rings (SSSR count). The summed E-state index contributed by atoms with van der Waals surface area (Å²) in [5.74, 6) is 0.571. The van der Waals surface area contributed by atoms with Gasteiger partial charge < -0.3 is 14.4 Å². The summed E-state index contributed by atoms with van der Waals surface area (Å²) in [6.45, 7) is 7.26. The smallest absolute Gasteiger partial charge is 0.410 e. The summed E-state index contributed by atoms with van der Waals surface area (Å²) < 4.78 is 11.0. The third kappa shape index (κ3) is 4.35. The summed E-state index contributed by atoms with van der Waals surface area (Å²) in [6.07, 6.45) is 2.16. The van der Waals surface area contributed by atoms with E-state index in [2.05, 4.69) is 11.1 Å². The number of likely N-dealkylation sites (tertiary alicyclic amines) is 1. The number of ether oxygens (including phenoxy) is 2. The lowest BCUT2D eigenvalue weighted by Gasteiger charge is -2.24. The zero-order valence-corrected chi connectivity index (χ0v) is 13.2. The third-order valence-electron chi connectivity index (χ3n) is 3.28. The molecule has 1 unspecified atom stereocenters. The van der Waals surface area contributed by atoms with E-state index in [0.29, 0.717) is 31.1 Å². The van der Waals surface area contributed by atoms with Gasteiger partial charge in [-0.05, 0) is 39.3 Å². The van der Waals surface area contributed by atoms with Crippen molar-refractivity contribution in [2.75, 3.05) is 19.7 Å². The molecule has 1 aromatic rings. The third-order valence-corrected chi connectivity index (χ3v) is 3.28. The Hall–Kier alpha value is -2.29. The fourth-order valence-corrected chi connectivity index (χ4v) is 2.25. The van der Waals surface area contributed by atoms with E-state index in [9.17, 15) is 4.79 Å². The van der Waals surface area contributed by atoms with Gasteiger partial charge in [-0.2, -0.15) is 5.26 Å². The average Bonchev–Trinajstić information content (AvgIpc) is 2.92. The first-order valence-corrected chi connectivity index (χ1v) is 7.35. The lowest BCUT2D eigenvalue weighted by Crippen LogP contribution is -2.35. The Bertz CT molecular complexity index is 575. The number of carbonyl (C=O) groups excluding carboxylic acids is 1. The lowest BCUT2D eigenvalue weighted by molar-refractivity contribution is 0.0284. The van der Waals surface area contributed by atoms with Crippen LogP contribution in [0.2, 0.25) is 0 Å². The van der Waals surface area contributed by atoms with E-state index in [-0.39, 0.29) is 12.0 Å². The standard InChI is InChI=1S/C16H21N3O3/c1-16(2,3)22-15(20)19-8-6-12(10-19)11-21-14-13(9-17)5-4-7-18-14/h4-5,7,12H,6,8,10-11H2,1-3H3. The van der Waals surface area contributed by atoms with E-state index >= 15 is 0 Å². The van der Waals surface area contributed by atoms with E-state index in [1.165, 1.54) is 0 Å². The van der Waals surface area contributed by atoms with Crippen molar-refractivity contribution in [3.05, 3.63) is 23.9 Å². The molecule has 0 N–H and O–H groups in total. The predicted octanol–water partition coefficient (Wildman–Crippen LogP) is 2.59. The molecule has 0 aromatic carbocycles. The first-order valence-electron chi connectivity index (χ1n) is 7.35. The molecule has 0 saturated carbocycles. The van der Waals surface area contributed by atoms with Crippen molar-refractivity contribution in [1.29, 1.82) is 5.26 Å². The zero-order chi connectivity index (χ0) is 16.2. The van der Waals surface area contributed by atoms with Crippen LogP contribution in [0.4, 0.5) is 4.79 Å². The number of amides is 1. The Morgan fingerprint density at radius 2 is 2.32 bits per heavy atom. The van der Waals surface area contributed by atoms with Gasteiger partial charge in [0.15, 0.2) is 0 Å². The van der Waals surface area contributed by atoms with Crippen molar-refractivity contribution in [2.24, 2.45) is 5.92 Å². The largest absolute Gasteiger partial charge is 0.476 e. The topological polar surface area (TPSA) is 75.4 Å². The SMILES string of the molecule is CC(C)(C)OC(=O)N1CCC(COc2ncccc2C#N)C1. The molecular weight excluding hydrogens is 282 g/mol. The molecule has 0 spiro atoms. The highest BCUT2D eigenvalue weighted by Gasteiger charge is 2.30. The maximum Gasteiger partial charge on any atom is 0.410 e. The van der Waals surface area contributed by atoms with Crippen molar-refractivity contribution in [1.82, 2.24) is 9.88 Å². The fourth-order valence-electron chi connectivity index (χ4n) is 2.25. The Kier molecular flexibility index (Phi) is 4.86. The first-order chi connectivity index (χ1) is 10.4. The number of rotatable bonds is 3. The van der Waals surface area contributed by atoms with Crippen molar-refractivity contribution in [3.63, 3.8) is 0 Å². The quantitative estimate of drug-likeness (QED) is 0.858. The molecule has 1 aliphatic rings. The molecule has 0 bridgehead atoms. The van der Waals surface area contributed by atoms with Gasteiger partial charge in [0.1, 0.15) is 17.2 Å². The molecular formula is C16H21N3O3. The first kappa shape index (κ1) is 16.1. The summed E-state index contributed by atoms with van der Waals surface area (Å²) in [7, 11) is 0. The van der Waals surface area contributed by atoms with Crippen molar-refractivity contribution < 1.29 is 14.3 Å². The highest BCUT2D eigenvalue weighted by atomic mass is 16.6. The van der Waals surface area contributed by atoms with E-state index < -0.39 is 5.60 Å². The van der Waals surface area contributed by atoms with Gasteiger partial charge in [-0.15, -0.1) is 0 Å². The second-order valence-electron chi connectivity index (χ2n) is 6.36. The van der Waals surface area contributed by atoms with E-state index in [1.54, 1.807) is 23.2 Å². The van der Waals surface area contributed by atoms with Crippen LogP contribution >= 0.6 is 0 Å². The Morgan fingerprint density at radius 3 is 3.00 bits per heavy atom. The number of nitriles is 1. The van der Waals surface area contributed by atoms with Crippen molar-refractivity contribution in [3.8, 4) is 11.9 Å². The highest BCUT2D eigenvalue weighted by molar-refractivity contribution is 5.68. The molecule has 6 heteroatoms. The van der Waals surface area contributed by atoms with Gasteiger partial charge in [0.25, 0.3) is 0 Å². The number of hydrogen-bond acceptors (Lipinski definition) is 5. The van der Waals surface area contributed by atoms with Gasteiger partial charge >= 0.3 is 6.09 Å². The minimum atomic E-state index is -0.485. The number of carbonyl (C=O) groups is 1. The van der Waals surface area contributed by atoms with Gasteiger partial charge in [0, 0.05) is 25.2 Å². The number of pyridine rings is 1. The maximum absolute atomic E-state index is 12.0. The zero-order valence-electron chi connectivity index (χ0n) is 13.2. The molecule has 2 heterocycles. The fraction of sp³-hybridized carbons (Fsp3) is 0.562. The Balaban J connectivity index is 1.84. The molecule has 6 nitrogen and oxygen atoms in total. The van der Waals surface area contributed by atoms with Crippen LogP contribution in [0.5, 0.6) is 5.88 Å². The Labute approximate surface area is 130 Å². The van der Waals surface area contributed by atoms with Crippen LogP contribution < -0.4 is 4.74 Å².